The average molecular weight is 415 g/mol. The molecule has 0 spiro atoms. The molecule has 30 heavy (non-hydrogen) atoms. The predicted molar refractivity (Wildman–Crippen MR) is 116 cm³/mol. The molecule has 162 valence electrons. The summed E-state index contributed by atoms with van der Waals surface area (Å²) in [5, 5.41) is 15.7. The molecule has 1 amide bonds. The predicted octanol–water partition coefficient (Wildman–Crippen LogP) is 4.06. The van der Waals surface area contributed by atoms with Crippen molar-refractivity contribution in [2.75, 3.05) is 18.5 Å². The smallest absolute Gasteiger partial charge is 0.244 e. The van der Waals surface area contributed by atoms with Crippen molar-refractivity contribution in [3.8, 4) is 5.75 Å². The molecule has 0 bridgehead atoms. The summed E-state index contributed by atoms with van der Waals surface area (Å²) in [6.45, 7) is 1.33. The van der Waals surface area contributed by atoms with Crippen molar-refractivity contribution in [2.24, 2.45) is 0 Å². The minimum absolute atomic E-state index is 0.184. The van der Waals surface area contributed by atoms with Gasteiger partial charge in [0.2, 0.25) is 5.91 Å². The number of nitrogens with one attached hydrogen (secondary N) is 2. The Balaban J connectivity index is 1.24. The van der Waals surface area contributed by atoms with Crippen LogP contribution in [-0.4, -0.2) is 36.3 Å². The number of ether oxygens (including phenoxy) is 1. The molecule has 0 aromatic heterocycles. The number of halogens is 1. The Bertz CT molecular complexity index is 780. The van der Waals surface area contributed by atoms with Crippen LogP contribution in [0.3, 0.4) is 0 Å². The van der Waals surface area contributed by atoms with Crippen LogP contribution in [0.25, 0.3) is 0 Å². The van der Waals surface area contributed by atoms with Gasteiger partial charge in [0, 0.05) is 5.69 Å². The molecule has 1 aliphatic heterocycles. The molecule has 0 saturated carbocycles. The van der Waals surface area contributed by atoms with Crippen LogP contribution in [0.2, 0.25) is 0 Å². The van der Waals surface area contributed by atoms with Crippen LogP contribution < -0.4 is 15.4 Å². The first-order chi connectivity index (χ1) is 14.6. The third-order valence-electron chi connectivity index (χ3n) is 5.39. The van der Waals surface area contributed by atoms with Crippen molar-refractivity contribution in [1.29, 1.82) is 0 Å². The molecule has 3 rings (SSSR count). The summed E-state index contributed by atoms with van der Waals surface area (Å²) in [5.74, 6) is 0.283. The number of amides is 1. The molecule has 5 nitrogen and oxygen atoms in total. The van der Waals surface area contributed by atoms with E-state index in [-0.39, 0.29) is 11.7 Å². The fraction of sp³-hybridized carbons (Fsp3) is 0.458. The monoisotopic (exact) mass is 414 g/mol. The normalized spacial score (nSPS) is 18.3. The Kier molecular flexibility index (Phi) is 8.66. The SMILES string of the molecule is O=C(Nc1ccc(CCCCCCCOc2ccc(F)cc2)cc1)[C@H]1NCC[C@@H]1O. The topological polar surface area (TPSA) is 70.6 Å². The Hall–Kier alpha value is -2.44. The van der Waals surface area contributed by atoms with Gasteiger partial charge in [-0.15, -0.1) is 0 Å². The van der Waals surface area contributed by atoms with E-state index in [0.717, 1.165) is 37.8 Å². The lowest BCUT2D eigenvalue weighted by Gasteiger charge is -2.14. The van der Waals surface area contributed by atoms with Gasteiger partial charge in [0.1, 0.15) is 17.6 Å². The van der Waals surface area contributed by atoms with Gasteiger partial charge in [0.15, 0.2) is 0 Å². The number of aliphatic hydroxyl groups excluding tert-OH is 1. The molecule has 1 aliphatic rings. The van der Waals surface area contributed by atoms with Crippen molar-refractivity contribution in [3.05, 3.63) is 59.9 Å². The number of carbonyl (C=O) groups excluding carboxylic acids is 1. The lowest BCUT2D eigenvalue weighted by atomic mass is 10.0. The molecule has 2 atom stereocenters. The molecule has 2 aromatic rings. The Morgan fingerprint density at radius 3 is 2.43 bits per heavy atom. The first-order valence-corrected chi connectivity index (χ1v) is 10.8. The van der Waals surface area contributed by atoms with E-state index in [1.165, 1.54) is 24.1 Å². The molecular formula is C24H31FN2O3. The van der Waals surface area contributed by atoms with E-state index in [4.69, 9.17) is 4.74 Å². The second kappa shape index (κ2) is 11.7. The summed E-state index contributed by atoms with van der Waals surface area (Å²) < 4.78 is 18.4. The second-order valence-corrected chi connectivity index (χ2v) is 7.79. The van der Waals surface area contributed by atoms with Gasteiger partial charge >= 0.3 is 0 Å². The van der Waals surface area contributed by atoms with Crippen LogP contribution in [0.4, 0.5) is 10.1 Å². The van der Waals surface area contributed by atoms with Gasteiger partial charge in [-0.2, -0.15) is 0 Å². The van der Waals surface area contributed by atoms with Crippen molar-refractivity contribution in [3.63, 3.8) is 0 Å². The molecule has 3 N–H and O–H groups in total. The van der Waals surface area contributed by atoms with Gasteiger partial charge in [0.25, 0.3) is 0 Å². The van der Waals surface area contributed by atoms with Crippen LogP contribution in [-0.2, 0) is 11.2 Å². The molecule has 2 aromatic carbocycles. The zero-order valence-corrected chi connectivity index (χ0v) is 17.3. The van der Waals surface area contributed by atoms with E-state index in [1.54, 1.807) is 12.1 Å². The number of aryl methyl sites for hydroxylation is 1. The van der Waals surface area contributed by atoms with Crippen LogP contribution in [0.1, 0.15) is 44.1 Å². The average Bonchev–Trinajstić information content (AvgIpc) is 3.18. The van der Waals surface area contributed by atoms with Crippen molar-refractivity contribution in [1.82, 2.24) is 5.32 Å². The number of hydrogen-bond acceptors (Lipinski definition) is 4. The summed E-state index contributed by atoms with van der Waals surface area (Å²) in [6.07, 6.45) is 6.59. The van der Waals surface area contributed by atoms with Crippen molar-refractivity contribution < 1.29 is 19.0 Å². The zero-order valence-electron chi connectivity index (χ0n) is 17.3. The van der Waals surface area contributed by atoms with E-state index in [2.05, 4.69) is 10.6 Å². The molecule has 1 heterocycles. The molecule has 0 unspecified atom stereocenters. The fourth-order valence-corrected chi connectivity index (χ4v) is 3.61. The van der Waals surface area contributed by atoms with Gasteiger partial charge in [-0.1, -0.05) is 31.4 Å². The quantitative estimate of drug-likeness (QED) is 0.485. The third-order valence-corrected chi connectivity index (χ3v) is 5.39. The van der Waals surface area contributed by atoms with Gasteiger partial charge < -0.3 is 20.5 Å². The summed E-state index contributed by atoms with van der Waals surface area (Å²) >= 11 is 0. The van der Waals surface area contributed by atoms with E-state index >= 15 is 0 Å². The number of rotatable bonds is 11. The summed E-state index contributed by atoms with van der Waals surface area (Å²) in [5.41, 5.74) is 2.01. The molecule has 1 saturated heterocycles. The van der Waals surface area contributed by atoms with Crippen LogP contribution in [0.5, 0.6) is 5.75 Å². The second-order valence-electron chi connectivity index (χ2n) is 7.79. The molecule has 1 fully saturated rings. The van der Waals surface area contributed by atoms with Crippen molar-refractivity contribution in [2.45, 2.75) is 57.1 Å². The molecule has 6 heteroatoms. The maximum atomic E-state index is 12.8. The van der Waals surface area contributed by atoms with Gasteiger partial charge in [-0.05, 0) is 74.2 Å². The fourth-order valence-electron chi connectivity index (χ4n) is 3.61. The van der Waals surface area contributed by atoms with Crippen LogP contribution >= 0.6 is 0 Å². The minimum atomic E-state index is -0.612. The Labute approximate surface area is 177 Å². The molecule has 0 aliphatic carbocycles. The van der Waals surface area contributed by atoms with Gasteiger partial charge in [-0.3, -0.25) is 4.79 Å². The van der Waals surface area contributed by atoms with Crippen LogP contribution in [0.15, 0.2) is 48.5 Å². The van der Waals surface area contributed by atoms with Gasteiger partial charge in [-0.25, -0.2) is 4.39 Å². The molecular weight excluding hydrogens is 383 g/mol. The number of carbonyl (C=O) groups is 1. The zero-order chi connectivity index (χ0) is 21.2. The molecule has 0 radical (unpaired) electrons. The van der Waals surface area contributed by atoms with Gasteiger partial charge in [0.05, 0.1) is 12.7 Å². The maximum Gasteiger partial charge on any atom is 0.244 e. The summed E-state index contributed by atoms with van der Waals surface area (Å²) in [6, 6.07) is 13.5. The minimum Gasteiger partial charge on any atom is -0.494 e. The largest absolute Gasteiger partial charge is 0.494 e. The first-order valence-electron chi connectivity index (χ1n) is 10.8. The number of benzene rings is 2. The first kappa shape index (κ1) is 22.2. The lowest BCUT2D eigenvalue weighted by Crippen LogP contribution is -2.42. The Morgan fingerprint density at radius 1 is 1.03 bits per heavy atom. The number of hydrogen-bond donors (Lipinski definition) is 3. The third kappa shape index (κ3) is 7.11. The maximum absolute atomic E-state index is 12.8. The summed E-state index contributed by atoms with van der Waals surface area (Å²) in [4.78, 5) is 12.2. The van der Waals surface area contributed by atoms with E-state index in [0.29, 0.717) is 25.3 Å². The Morgan fingerprint density at radius 2 is 1.73 bits per heavy atom. The standard InChI is InChI=1S/C24H31FN2O3/c25-19-9-13-21(14-10-19)30-17-5-3-1-2-4-6-18-7-11-20(12-8-18)27-24(29)23-22(28)15-16-26-23/h7-14,22-23,26,28H,1-6,15-17H2,(H,27,29)/t22-,23-/m0/s1. The van der Waals surface area contributed by atoms with E-state index < -0.39 is 12.1 Å². The summed E-state index contributed by atoms with van der Waals surface area (Å²) in [7, 11) is 0. The number of unbranched alkanes of at least 4 members (excludes halogenated alkanes) is 4. The highest BCUT2D eigenvalue weighted by molar-refractivity contribution is 5.95. The lowest BCUT2D eigenvalue weighted by molar-refractivity contribution is -0.119. The van der Waals surface area contributed by atoms with Crippen LogP contribution in [0, 0.1) is 5.82 Å². The van der Waals surface area contributed by atoms with E-state index in [9.17, 15) is 14.3 Å². The highest BCUT2D eigenvalue weighted by atomic mass is 19.1. The number of aliphatic hydroxyl groups is 1. The highest BCUT2D eigenvalue weighted by Gasteiger charge is 2.30. The number of anilines is 1. The highest BCUT2D eigenvalue weighted by Crippen LogP contribution is 2.16. The van der Waals surface area contributed by atoms with E-state index in [1.807, 2.05) is 24.3 Å². The van der Waals surface area contributed by atoms with Crippen molar-refractivity contribution >= 4 is 11.6 Å².